The summed E-state index contributed by atoms with van der Waals surface area (Å²) < 4.78 is 4.58. The van der Waals surface area contributed by atoms with Gasteiger partial charge < -0.3 is 10.1 Å². The maximum absolute atomic E-state index is 11.0. The van der Waals surface area contributed by atoms with Crippen molar-refractivity contribution in [3.63, 3.8) is 0 Å². The van der Waals surface area contributed by atoms with Crippen molar-refractivity contribution in [2.24, 2.45) is 0 Å². The molecule has 2 atom stereocenters. The van der Waals surface area contributed by atoms with Gasteiger partial charge in [0.1, 0.15) is 6.04 Å². The van der Waals surface area contributed by atoms with Crippen LogP contribution in [0.25, 0.3) is 0 Å². The Morgan fingerprint density at radius 3 is 2.69 bits per heavy atom. The lowest BCUT2D eigenvalue weighted by Gasteiger charge is -2.18. The zero-order chi connectivity index (χ0) is 10.3. The fraction of sp³-hybridized carbons (Fsp3) is 0.700. The molecule has 0 aliphatic rings. The van der Waals surface area contributed by atoms with Gasteiger partial charge in [-0.05, 0) is 13.3 Å². The summed E-state index contributed by atoms with van der Waals surface area (Å²) in [7, 11) is 1.38. The van der Waals surface area contributed by atoms with Crippen molar-refractivity contribution in [3.05, 3.63) is 0 Å². The number of hydrogen-bond donors (Lipinski definition) is 1. The lowest BCUT2D eigenvalue weighted by atomic mass is 10.1. The minimum atomic E-state index is -0.289. The minimum absolute atomic E-state index is 0.194. The molecule has 3 nitrogen and oxygen atoms in total. The van der Waals surface area contributed by atoms with Crippen LogP contribution in [0.5, 0.6) is 0 Å². The van der Waals surface area contributed by atoms with Crippen molar-refractivity contribution in [1.82, 2.24) is 5.32 Å². The maximum Gasteiger partial charge on any atom is 0.322 e. The average molecular weight is 183 g/mol. The van der Waals surface area contributed by atoms with E-state index < -0.39 is 0 Å². The Balaban J connectivity index is 3.94. The number of ether oxygens (including phenoxy) is 1. The molecule has 0 aliphatic carbocycles. The minimum Gasteiger partial charge on any atom is -0.468 e. The molecular formula is C10H17NO2. The molecule has 0 spiro atoms. The number of terminal acetylenes is 1. The molecular weight excluding hydrogens is 166 g/mol. The van der Waals surface area contributed by atoms with Crippen molar-refractivity contribution < 1.29 is 9.53 Å². The van der Waals surface area contributed by atoms with Crippen molar-refractivity contribution >= 4 is 5.97 Å². The van der Waals surface area contributed by atoms with Crippen LogP contribution < -0.4 is 5.32 Å². The molecule has 0 aliphatic heterocycles. The van der Waals surface area contributed by atoms with Gasteiger partial charge in [-0.2, -0.15) is 0 Å². The third-order valence-electron chi connectivity index (χ3n) is 1.90. The van der Waals surface area contributed by atoms with Crippen LogP contribution in [0.4, 0.5) is 0 Å². The van der Waals surface area contributed by atoms with Crippen LogP contribution >= 0.6 is 0 Å². The number of esters is 1. The lowest BCUT2D eigenvalue weighted by molar-refractivity contribution is -0.142. The van der Waals surface area contributed by atoms with Gasteiger partial charge in [0.15, 0.2) is 0 Å². The van der Waals surface area contributed by atoms with Crippen LogP contribution in [0.15, 0.2) is 0 Å². The highest BCUT2D eigenvalue weighted by molar-refractivity contribution is 5.75. The Kier molecular flexibility index (Phi) is 5.99. The van der Waals surface area contributed by atoms with Gasteiger partial charge in [0.2, 0.25) is 0 Å². The van der Waals surface area contributed by atoms with Gasteiger partial charge in [-0.25, -0.2) is 0 Å². The molecule has 0 radical (unpaired) electrons. The molecule has 1 N–H and O–H groups in total. The Hall–Kier alpha value is -1.01. The zero-order valence-electron chi connectivity index (χ0n) is 8.46. The summed E-state index contributed by atoms with van der Waals surface area (Å²) in [4.78, 5) is 11.0. The van der Waals surface area contributed by atoms with Crippen LogP contribution in [0.1, 0.15) is 26.7 Å². The van der Waals surface area contributed by atoms with E-state index in [1.165, 1.54) is 7.11 Å². The van der Waals surface area contributed by atoms with Crippen molar-refractivity contribution in [2.45, 2.75) is 38.8 Å². The molecule has 13 heavy (non-hydrogen) atoms. The Bertz CT molecular complexity index is 196. The van der Waals surface area contributed by atoms with Crippen molar-refractivity contribution in [2.75, 3.05) is 7.11 Å². The Labute approximate surface area is 79.8 Å². The summed E-state index contributed by atoms with van der Waals surface area (Å²) in [5, 5.41) is 3.10. The van der Waals surface area contributed by atoms with Crippen LogP contribution in [-0.2, 0) is 9.53 Å². The highest BCUT2D eigenvalue weighted by Crippen LogP contribution is 1.98. The second-order valence-corrected chi connectivity index (χ2v) is 2.92. The molecule has 0 saturated carbocycles. The molecule has 0 saturated heterocycles. The third kappa shape index (κ3) is 4.54. The van der Waals surface area contributed by atoms with Gasteiger partial charge in [0.25, 0.3) is 0 Å². The summed E-state index contributed by atoms with van der Waals surface area (Å²) in [5.74, 6) is 2.31. The Morgan fingerprint density at radius 1 is 1.69 bits per heavy atom. The number of methoxy groups -OCH3 is 1. The molecule has 0 fully saturated rings. The predicted molar refractivity (Wildman–Crippen MR) is 52.1 cm³/mol. The van der Waals surface area contributed by atoms with Gasteiger partial charge in [-0.3, -0.25) is 4.79 Å². The largest absolute Gasteiger partial charge is 0.468 e. The van der Waals surface area contributed by atoms with Crippen molar-refractivity contribution in [3.8, 4) is 12.3 Å². The van der Waals surface area contributed by atoms with Crippen LogP contribution in [0.3, 0.4) is 0 Å². The monoisotopic (exact) mass is 183 g/mol. The normalized spacial score (nSPS) is 14.3. The first-order chi connectivity index (χ1) is 6.15. The number of carbonyl (C=O) groups is 1. The van der Waals surface area contributed by atoms with E-state index in [-0.39, 0.29) is 18.1 Å². The lowest BCUT2D eigenvalue weighted by Crippen LogP contribution is -2.41. The van der Waals surface area contributed by atoms with Crippen LogP contribution in [-0.4, -0.2) is 25.2 Å². The van der Waals surface area contributed by atoms with Gasteiger partial charge in [0.05, 0.1) is 7.11 Å². The van der Waals surface area contributed by atoms with E-state index in [2.05, 4.69) is 16.0 Å². The first-order valence-electron chi connectivity index (χ1n) is 4.43. The van der Waals surface area contributed by atoms with E-state index in [1.54, 1.807) is 6.92 Å². The second kappa shape index (κ2) is 6.50. The molecule has 0 rings (SSSR count). The summed E-state index contributed by atoms with van der Waals surface area (Å²) in [6, 6.07) is -0.0950. The Morgan fingerprint density at radius 2 is 2.31 bits per heavy atom. The number of hydrogen-bond acceptors (Lipinski definition) is 3. The zero-order valence-corrected chi connectivity index (χ0v) is 8.46. The number of carbonyl (C=O) groups excluding carboxylic acids is 1. The number of rotatable bonds is 5. The summed E-state index contributed by atoms with van der Waals surface area (Å²) in [5.41, 5.74) is 0. The smallest absolute Gasteiger partial charge is 0.322 e. The van der Waals surface area contributed by atoms with Crippen LogP contribution in [0, 0.1) is 12.3 Å². The number of nitrogens with one attached hydrogen (secondary N) is 1. The summed E-state index contributed by atoms with van der Waals surface area (Å²) in [6.07, 6.45) is 6.73. The van der Waals surface area contributed by atoms with Gasteiger partial charge >= 0.3 is 5.97 Å². The van der Waals surface area contributed by atoms with Crippen molar-refractivity contribution in [1.29, 1.82) is 0 Å². The SMILES string of the molecule is C#CCC(CC)NC(C)C(=O)OC. The summed E-state index contributed by atoms with van der Waals surface area (Å²) >= 11 is 0. The average Bonchev–Trinajstić information content (AvgIpc) is 2.15. The molecule has 0 aromatic heterocycles. The molecule has 2 unspecified atom stereocenters. The predicted octanol–water partition coefficient (Wildman–Crippen LogP) is 0.939. The molecule has 0 aromatic carbocycles. The van der Waals surface area contributed by atoms with Gasteiger partial charge in [0, 0.05) is 12.5 Å². The standard InChI is InChI=1S/C10H17NO2/c1-5-7-9(6-2)11-8(3)10(12)13-4/h1,8-9,11H,6-7H2,2-4H3. The first-order valence-corrected chi connectivity index (χ1v) is 4.43. The van der Waals surface area contributed by atoms with E-state index in [4.69, 9.17) is 6.42 Å². The van der Waals surface area contributed by atoms with E-state index in [1.807, 2.05) is 6.92 Å². The molecule has 74 valence electrons. The molecule has 0 heterocycles. The highest BCUT2D eigenvalue weighted by atomic mass is 16.5. The quantitative estimate of drug-likeness (QED) is 0.509. The maximum atomic E-state index is 11.0. The van der Waals surface area contributed by atoms with E-state index in [0.717, 1.165) is 6.42 Å². The van der Waals surface area contributed by atoms with Gasteiger partial charge in [-0.1, -0.05) is 6.92 Å². The second-order valence-electron chi connectivity index (χ2n) is 2.92. The third-order valence-corrected chi connectivity index (χ3v) is 1.90. The molecule has 3 heteroatoms. The summed E-state index contributed by atoms with van der Waals surface area (Å²) in [6.45, 7) is 3.80. The van der Waals surface area contributed by atoms with E-state index in [9.17, 15) is 4.79 Å². The molecule has 0 amide bonds. The van der Waals surface area contributed by atoms with Crippen LogP contribution in [0.2, 0.25) is 0 Å². The fourth-order valence-electron chi connectivity index (χ4n) is 1.06. The van der Waals surface area contributed by atoms with Gasteiger partial charge in [-0.15, -0.1) is 12.3 Å². The molecule has 0 aromatic rings. The van der Waals surface area contributed by atoms with E-state index >= 15 is 0 Å². The first kappa shape index (κ1) is 12.0. The fourth-order valence-corrected chi connectivity index (χ4v) is 1.06. The van der Waals surface area contributed by atoms with E-state index in [0.29, 0.717) is 6.42 Å². The topological polar surface area (TPSA) is 38.3 Å². The molecule has 0 bridgehead atoms. The highest BCUT2D eigenvalue weighted by Gasteiger charge is 2.15.